The molecule has 3 aliphatic heterocycles. The molecule has 3 saturated heterocycles. The zero-order chi connectivity index (χ0) is 9.64. The van der Waals surface area contributed by atoms with E-state index in [1.807, 2.05) is 0 Å². The molecule has 0 amide bonds. The highest BCUT2D eigenvalue weighted by atomic mass is 15.2. The van der Waals surface area contributed by atoms with Crippen molar-refractivity contribution >= 4 is 0 Å². The first-order chi connectivity index (χ1) is 6.97. The van der Waals surface area contributed by atoms with E-state index in [0.717, 1.165) is 6.04 Å². The second-order valence-electron chi connectivity index (χ2n) is 4.46. The molecule has 3 aliphatic rings. The molecule has 0 aromatic carbocycles. The Balaban J connectivity index is 0.000000107. The van der Waals surface area contributed by atoms with E-state index in [0.29, 0.717) is 0 Å². The summed E-state index contributed by atoms with van der Waals surface area (Å²) in [4.78, 5) is 2.46. The van der Waals surface area contributed by atoms with Gasteiger partial charge in [0.1, 0.15) is 0 Å². The topological polar surface area (TPSA) is 15.3 Å². The second kappa shape index (κ2) is 5.72. The van der Waals surface area contributed by atoms with Gasteiger partial charge in [-0.3, -0.25) is 4.90 Å². The monoisotopic (exact) mass is 194 g/mol. The van der Waals surface area contributed by atoms with E-state index in [4.69, 9.17) is 0 Å². The predicted octanol–water partition coefficient (Wildman–Crippen LogP) is 2.33. The molecule has 3 rings (SSSR count). The Morgan fingerprint density at radius 2 is 2.14 bits per heavy atom. The van der Waals surface area contributed by atoms with Crippen molar-refractivity contribution in [2.24, 2.45) is 0 Å². The molecule has 0 bridgehead atoms. The summed E-state index contributed by atoms with van der Waals surface area (Å²) in [7, 11) is 0. The molecule has 2 radical (unpaired) electrons. The van der Waals surface area contributed by atoms with Gasteiger partial charge in [-0.15, -0.1) is 0 Å². The maximum atomic E-state index is 3.22. The number of fused-ring (bicyclic) bond motifs is 1. The molecule has 0 saturated carbocycles. The van der Waals surface area contributed by atoms with Gasteiger partial charge in [0.05, 0.1) is 0 Å². The zero-order valence-corrected chi connectivity index (χ0v) is 9.04. The van der Waals surface area contributed by atoms with E-state index in [1.54, 1.807) is 0 Å². The van der Waals surface area contributed by atoms with Crippen LogP contribution in [-0.2, 0) is 0 Å². The van der Waals surface area contributed by atoms with Crippen molar-refractivity contribution in [3.63, 3.8) is 0 Å². The van der Waals surface area contributed by atoms with Crippen molar-refractivity contribution < 1.29 is 0 Å². The van der Waals surface area contributed by atoms with Gasteiger partial charge in [-0.1, -0.05) is 12.8 Å². The van der Waals surface area contributed by atoms with Gasteiger partial charge in [0.2, 0.25) is 0 Å². The van der Waals surface area contributed by atoms with Gasteiger partial charge in [-0.05, 0) is 45.2 Å². The summed E-state index contributed by atoms with van der Waals surface area (Å²) in [5.74, 6) is 0. The highest BCUT2D eigenvalue weighted by Crippen LogP contribution is 2.31. The Morgan fingerprint density at radius 3 is 2.79 bits per heavy atom. The van der Waals surface area contributed by atoms with E-state index in [2.05, 4.69) is 23.3 Å². The first kappa shape index (κ1) is 10.4. The summed E-state index contributed by atoms with van der Waals surface area (Å²) < 4.78 is 0. The molecule has 3 heterocycles. The molecule has 0 aromatic heterocycles. The fraction of sp³-hybridized carbons (Fsp3) is 0.833. The minimum Gasteiger partial charge on any atom is -0.312 e. The average Bonchev–Trinajstić information content (AvgIpc) is 2.48. The molecule has 1 N–H and O–H groups in total. The van der Waals surface area contributed by atoms with Crippen LogP contribution < -0.4 is 5.32 Å². The maximum absolute atomic E-state index is 3.22. The first-order valence-electron chi connectivity index (χ1n) is 6.11. The molecule has 0 aromatic rings. The van der Waals surface area contributed by atoms with Crippen LogP contribution in [0.4, 0.5) is 0 Å². The van der Waals surface area contributed by atoms with Gasteiger partial charge in [-0.25, -0.2) is 0 Å². The molecule has 1 unspecified atom stereocenters. The molecule has 0 spiro atoms. The van der Waals surface area contributed by atoms with Crippen molar-refractivity contribution in [1.82, 2.24) is 10.2 Å². The van der Waals surface area contributed by atoms with E-state index in [-0.39, 0.29) is 0 Å². The lowest BCUT2D eigenvalue weighted by Crippen LogP contribution is -2.37. The van der Waals surface area contributed by atoms with Crippen LogP contribution in [0.2, 0.25) is 0 Å². The molecule has 3 fully saturated rings. The van der Waals surface area contributed by atoms with Crippen LogP contribution in [0.5, 0.6) is 0 Å². The Morgan fingerprint density at radius 1 is 1.14 bits per heavy atom. The van der Waals surface area contributed by atoms with E-state index in [1.165, 1.54) is 58.0 Å². The van der Waals surface area contributed by atoms with Gasteiger partial charge in [0.25, 0.3) is 0 Å². The lowest BCUT2D eigenvalue weighted by molar-refractivity contribution is 0.203. The van der Waals surface area contributed by atoms with Crippen molar-refractivity contribution in [2.75, 3.05) is 13.1 Å². The second-order valence-corrected chi connectivity index (χ2v) is 4.46. The Kier molecular flexibility index (Phi) is 4.26. The third-order valence-electron chi connectivity index (χ3n) is 3.35. The molecule has 14 heavy (non-hydrogen) atoms. The third-order valence-corrected chi connectivity index (χ3v) is 3.35. The van der Waals surface area contributed by atoms with E-state index in [9.17, 15) is 0 Å². The standard InChI is InChI=1S/C6H10N.C6H12N/c1-2-6-3-5-7(6)4-1;1-2-4-6-7-5-3-1/h5-6H,1-4H2;5,7H,1-4,6H2. The number of nitrogens with one attached hydrogen (secondary N) is 1. The quantitative estimate of drug-likeness (QED) is 0.636. The summed E-state index contributed by atoms with van der Waals surface area (Å²) in [5.41, 5.74) is 0. The maximum Gasteiger partial charge on any atom is 0.0270 e. The predicted molar refractivity (Wildman–Crippen MR) is 59.4 cm³/mol. The molecular formula is C12H22N2. The third kappa shape index (κ3) is 2.96. The molecule has 0 aliphatic carbocycles. The van der Waals surface area contributed by atoms with E-state index < -0.39 is 0 Å². The van der Waals surface area contributed by atoms with Crippen LogP contribution in [0.1, 0.15) is 44.9 Å². The van der Waals surface area contributed by atoms with Crippen LogP contribution in [-0.4, -0.2) is 24.0 Å². The summed E-state index contributed by atoms with van der Waals surface area (Å²) in [6, 6.07) is 0.972. The van der Waals surface area contributed by atoms with Gasteiger partial charge < -0.3 is 5.32 Å². The van der Waals surface area contributed by atoms with Crippen LogP contribution >= 0.6 is 0 Å². The molecule has 1 atom stereocenters. The molecule has 2 heteroatoms. The Labute approximate surface area is 88.1 Å². The van der Waals surface area contributed by atoms with Crippen LogP contribution in [0, 0.1) is 13.1 Å². The van der Waals surface area contributed by atoms with E-state index >= 15 is 0 Å². The van der Waals surface area contributed by atoms with Crippen LogP contribution in [0.25, 0.3) is 0 Å². The molecule has 2 nitrogen and oxygen atoms in total. The minimum absolute atomic E-state index is 0.972. The van der Waals surface area contributed by atoms with Gasteiger partial charge in [0, 0.05) is 19.1 Å². The number of nitrogens with zero attached hydrogens (tertiary/aromatic N) is 1. The highest BCUT2D eigenvalue weighted by molar-refractivity contribution is 4.95. The molecule has 80 valence electrons. The molecular weight excluding hydrogens is 172 g/mol. The Hall–Kier alpha value is -0.0800. The fourth-order valence-electron chi connectivity index (χ4n) is 2.32. The SMILES string of the molecule is [CH]1CC2CCCN12.[CH]1CCCCCN1. The van der Waals surface area contributed by atoms with Crippen LogP contribution in [0.15, 0.2) is 0 Å². The average molecular weight is 194 g/mol. The fourth-order valence-corrected chi connectivity index (χ4v) is 2.32. The number of hydrogen-bond acceptors (Lipinski definition) is 2. The summed E-state index contributed by atoms with van der Waals surface area (Å²) >= 11 is 0. The van der Waals surface area contributed by atoms with Crippen molar-refractivity contribution in [1.29, 1.82) is 0 Å². The Bertz CT molecular complexity index is 129. The van der Waals surface area contributed by atoms with Crippen molar-refractivity contribution in [3.05, 3.63) is 13.1 Å². The van der Waals surface area contributed by atoms with Gasteiger partial charge >= 0.3 is 0 Å². The summed E-state index contributed by atoms with van der Waals surface area (Å²) in [5, 5.41) is 3.22. The summed E-state index contributed by atoms with van der Waals surface area (Å²) in [6.07, 6.45) is 9.66. The lowest BCUT2D eigenvalue weighted by atomic mass is 10.1. The van der Waals surface area contributed by atoms with Crippen molar-refractivity contribution in [2.45, 2.75) is 51.0 Å². The number of rotatable bonds is 0. The summed E-state index contributed by atoms with van der Waals surface area (Å²) in [6.45, 7) is 7.02. The number of hydrogen-bond donors (Lipinski definition) is 1. The highest BCUT2D eigenvalue weighted by Gasteiger charge is 2.31. The normalized spacial score (nSPS) is 32.1. The van der Waals surface area contributed by atoms with Gasteiger partial charge in [-0.2, -0.15) is 0 Å². The largest absolute Gasteiger partial charge is 0.312 e. The van der Waals surface area contributed by atoms with Crippen molar-refractivity contribution in [3.8, 4) is 0 Å². The smallest absolute Gasteiger partial charge is 0.0270 e. The zero-order valence-electron chi connectivity index (χ0n) is 9.04. The lowest BCUT2D eigenvalue weighted by Gasteiger charge is -2.33. The first-order valence-corrected chi connectivity index (χ1v) is 6.11. The minimum atomic E-state index is 0.972. The van der Waals surface area contributed by atoms with Crippen LogP contribution in [0.3, 0.4) is 0 Å². The van der Waals surface area contributed by atoms with Gasteiger partial charge in [0.15, 0.2) is 0 Å².